The molecule has 1 amide bonds. The van der Waals surface area contributed by atoms with Gasteiger partial charge in [-0.1, -0.05) is 28.1 Å². The van der Waals surface area contributed by atoms with Crippen molar-refractivity contribution in [1.29, 1.82) is 0 Å². The summed E-state index contributed by atoms with van der Waals surface area (Å²) < 4.78 is 45.0. The van der Waals surface area contributed by atoms with Crippen molar-refractivity contribution in [3.05, 3.63) is 87.4 Å². The maximum Gasteiger partial charge on any atom is 0.416 e. The van der Waals surface area contributed by atoms with E-state index in [1.165, 1.54) is 18.3 Å². The van der Waals surface area contributed by atoms with Crippen LogP contribution in [-0.4, -0.2) is 22.3 Å². The van der Waals surface area contributed by atoms with Crippen LogP contribution in [0.15, 0.2) is 70.2 Å². The number of hydrogen-bond donors (Lipinski definition) is 3. The molecule has 0 spiro atoms. The summed E-state index contributed by atoms with van der Waals surface area (Å²) in [6.07, 6.45) is -3.15. The van der Waals surface area contributed by atoms with Crippen LogP contribution in [0, 0.1) is 0 Å². The second-order valence-electron chi connectivity index (χ2n) is 6.61. The topological polar surface area (TPSA) is 91.2 Å². The Morgan fingerprint density at radius 3 is 2.47 bits per heavy atom. The lowest BCUT2D eigenvalue weighted by atomic mass is 10.1. The number of nitrogens with one attached hydrogen (secondary N) is 1. The molecule has 0 atom stereocenters. The van der Waals surface area contributed by atoms with Crippen molar-refractivity contribution >= 4 is 28.1 Å². The fraction of sp³-hybridized carbons (Fsp3) is 0.0909. The van der Waals surface area contributed by atoms with Gasteiger partial charge in [-0.05, 0) is 48.0 Å². The first-order valence-corrected chi connectivity index (χ1v) is 9.86. The van der Waals surface area contributed by atoms with Crippen LogP contribution in [0.4, 0.5) is 13.2 Å². The minimum atomic E-state index is -4.45. The fourth-order valence-electron chi connectivity index (χ4n) is 2.70. The van der Waals surface area contributed by atoms with Gasteiger partial charge in [0, 0.05) is 21.7 Å². The Kier molecular flexibility index (Phi) is 7.04. The maximum atomic E-state index is 12.9. The number of halogens is 4. The number of phenols is 2. The smallest absolute Gasteiger partial charge is 0.416 e. The number of alkyl halides is 3. The summed E-state index contributed by atoms with van der Waals surface area (Å²) in [5, 5.41) is 22.8. The third kappa shape index (κ3) is 6.24. The first-order valence-electron chi connectivity index (χ1n) is 9.07. The summed E-state index contributed by atoms with van der Waals surface area (Å²) in [5.74, 6) is -0.903. The first kappa shape index (κ1) is 23.1. The lowest BCUT2D eigenvalue weighted by molar-refractivity contribution is -0.137. The predicted molar refractivity (Wildman–Crippen MR) is 115 cm³/mol. The molecule has 3 N–H and O–H groups in total. The fourth-order valence-corrected chi connectivity index (χ4v) is 3.08. The van der Waals surface area contributed by atoms with E-state index in [1.54, 1.807) is 18.2 Å². The molecular weight excluding hydrogens is 493 g/mol. The number of ether oxygens (including phenoxy) is 1. The average molecular weight is 509 g/mol. The van der Waals surface area contributed by atoms with Crippen LogP contribution in [0.25, 0.3) is 0 Å². The molecule has 0 aliphatic heterocycles. The molecule has 0 aliphatic carbocycles. The molecule has 0 bridgehead atoms. The van der Waals surface area contributed by atoms with Gasteiger partial charge in [0.2, 0.25) is 0 Å². The van der Waals surface area contributed by atoms with Gasteiger partial charge in [-0.3, -0.25) is 4.79 Å². The summed E-state index contributed by atoms with van der Waals surface area (Å²) in [4.78, 5) is 12.1. The zero-order valence-electron chi connectivity index (χ0n) is 16.2. The molecule has 3 aromatic carbocycles. The molecule has 3 aromatic rings. The van der Waals surface area contributed by atoms with E-state index in [4.69, 9.17) is 4.74 Å². The van der Waals surface area contributed by atoms with E-state index in [0.29, 0.717) is 21.3 Å². The van der Waals surface area contributed by atoms with Crippen LogP contribution >= 0.6 is 15.9 Å². The zero-order valence-corrected chi connectivity index (χ0v) is 17.8. The number of rotatable bonds is 6. The van der Waals surface area contributed by atoms with Crippen molar-refractivity contribution in [1.82, 2.24) is 5.43 Å². The Balaban J connectivity index is 1.72. The van der Waals surface area contributed by atoms with E-state index >= 15 is 0 Å². The minimum Gasteiger partial charge on any atom is -0.508 e. The van der Waals surface area contributed by atoms with Crippen molar-refractivity contribution in [3.8, 4) is 17.2 Å². The molecule has 0 aliphatic rings. The van der Waals surface area contributed by atoms with Gasteiger partial charge in [-0.25, -0.2) is 5.43 Å². The standard InChI is InChI=1S/C22H16BrF3N2O4/c23-17-4-5-20(32-12-13-2-1-3-16(6-13)22(24,25)26)15(7-17)11-27-28-21(31)14-8-18(29)10-19(30)9-14/h1-11,29-30H,12H2,(H,28,31). The summed E-state index contributed by atoms with van der Waals surface area (Å²) in [6, 6.07) is 13.2. The molecule has 0 fully saturated rings. The number of carbonyl (C=O) groups is 1. The molecule has 0 aromatic heterocycles. The summed E-state index contributed by atoms with van der Waals surface area (Å²) >= 11 is 3.31. The first-order chi connectivity index (χ1) is 15.1. The second-order valence-corrected chi connectivity index (χ2v) is 7.52. The number of benzene rings is 3. The van der Waals surface area contributed by atoms with E-state index in [0.717, 1.165) is 30.3 Å². The number of hydrogen-bond acceptors (Lipinski definition) is 5. The van der Waals surface area contributed by atoms with E-state index in [-0.39, 0.29) is 23.7 Å². The van der Waals surface area contributed by atoms with Crippen LogP contribution in [0.5, 0.6) is 17.2 Å². The normalized spacial score (nSPS) is 11.5. The molecule has 0 saturated carbocycles. The van der Waals surface area contributed by atoms with Gasteiger partial charge in [0.25, 0.3) is 5.91 Å². The number of amides is 1. The quantitative estimate of drug-likeness (QED) is 0.314. The molecule has 3 rings (SSSR count). The lowest BCUT2D eigenvalue weighted by Gasteiger charge is -2.12. The highest BCUT2D eigenvalue weighted by molar-refractivity contribution is 9.10. The van der Waals surface area contributed by atoms with E-state index < -0.39 is 17.6 Å². The molecule has 0 unspecified atom stereocenters. The SMILES string of the molecule is O=C(NN=Cc1cc(Br)ccc1OCc1cccc(C(F)(F)F)c1)c1cc(O)cc(O)c1. The van der Waals surface area contributed by atoms with Crippen molar-refractivity contribution in [2.24, 2.45) is 5.10 Å². The molecule has 166 valence electrons. The predicted octanol–water partition coefficient (Wildman–Crippen LogP) is 5.22. The Morgan fingerprint density at radius 2 is 1.78 bits per heavy atom. The second kappa shape index (κ2) is 9.73. The summed E-state index contributed by atoms with van der Waals surface area (Å²) in [6.45, 7) is -0.110. The van der Waals surface area contributed by atoms with Gasteiger partial charge in [0.05, 0.1) is 11.8 Å². The molecular formula is C22H16BrF3N2O4. The number of nitrogens with zero attached hydrogens (tertiary/aromatic N) is 1. The van der Waals surface area contributed by atoms with Crippen molar-refractivity contribution in [2.75, 3.05) is 0 Å². The highest BCUT2D eigenvalue weighted by Crippen LogP contribution is 2.30. The molecule has 0 saturated heterocycles. The van der Waals surface area contributed by atoms with Crippen molar-refractivity contribution < 1.29 is 32.9 Å². The largest absolute Gasteiger partial charge is 0.508 e. The Hall–Kier alpha value is -3.53. The van der Waals surface area contributed by atoms with Gasteiger partial charge in [-0.15, -0.1) is 0 Å². The monoisotopic (exact) mass is 508 g/mol. The van der Waals surface area contributed by atoms with Gasteiger partial charge >= 0.3 is 6.18 Å². The highest BCUT2D eigenvalue weighted by Gasteiger charge is 2.30. The number of phenolic OH excluding ortho intramolecular Hbond substituents is 2. The molecule has 10 heteroatoms. The zero-order chi connectivity index (χ0) is 23.3. The van der Waals surface area contributed by atoms with Crippen molar-refractivity contribution in [2.45, 2.75) is 12.8 Å². The van der Waals surface area contributed by atoms with Crippen LogP contribution in [0.1, 0.15) is 27.0 Å². The van der Waals surface area contributed by atoms with E-state index in [1.807, 2.05) is 0 Å². The highest BCUT2D eigenvalue weighted by atomic mass is 79.9. The third-order valence-corrected chi connectivity index (χ3v) is 4.65. The Morgan fingerprint density at radius 1 is 1.06 bits per heavy atom. The maximum absolute atomic E-state index is 12.9. The molecule has 0 radical (unpaired) electrons. The van der Waals surface area contributed by atoms with Crippen LogP contribution in [0.3, 0.4) is 0 Å². The Bertz CT molecular complexity index is 1150. The average Bonchev–Trinajstić information content (AvgIpc) is 2.72. The van der Waals surface area contributed by atoms with Gasteiger partial charge in [0.1, 0.15) is 23.9 Å². The van der Waals surface area contributed by atoms with Crippen LogP contribution < -0.4 is 10.2 Å². The Labute approximate surface area is 189 Å². The van der Waals surface area contributed by atoms with Crippen LogP contribution in [0.2, 0.25) is 0 Å². The molecule has 0 heterocycles. The van der Waals surface area contributed by atoms with E-state index in [9.17, 15) is 28.2 Å². The number of hydrazone groups is 1. The molecule has 6 nitrogen and oxygen atoms in total. The van der Waals surface area contributed by atoms with Gasteiger partial charge in [0.15, 0.2) is 0 Å². The minimum absolute atomic E-state index is 0.00471. The summed E-state index contributed by atoms with van der Waals surface area (Å²) in [7, 11) is 0. The van der Waals surface area contributed by atoms with Gasteiger partial charge < -0.3 is 14.9 Å². The summed E-state index contributed by atoms with van der Waals surface area (Å²) in [5.41, 5.74) is 2.27. The third-order valence-electron chi connectivity index (χ3n) is 4.15. The van der Waals surface area contributed by atoms with E-state index in [2.05, 4.69) is 26.5 Å². The molecule has 32 heavy (non-hydrogen) atoms. The lowest BCUT2D eigenvalue weighted by Crippen LogP contribution is -2.17. The number of aromatic hydroxyl groups is 2. The van der Waals surface area contributed by atoms with Crippen LogP contribution in [-0.2, 0) is 12.8 Å². The van der Waals surface area contributed by atoms with Gasteiger partial charge in [-0.2, -0.15) is 18.3 Å². The number of carbonyl (C=O) groups excluding carboxylic acids is 1. The van der Waals surface area contributed by atoms with Crippen molar-refractivity contribution in [3.63, 3.8) is 0 Å².